The van der Waals surface area contributed by atoms with Gasteiger partial charge in [-0.3, -0.25) is 10.1 Å². The summed E-state index contributed by atoms with van der Waals surface area (Å²) in [6.45, 7) is 2.26. The van der Waals surface area contributed by atoms with Crippen LogP contribution < -0.4 is 5.32 Å². The fourth-order valence-electron chi connectivity index (χ4n) is 1.86. The molecule has 1 N–H and O–H groups in total. The summed E-state index contributed by atoms with van der Waals surface area (Å²) in [6.07, 6.45) is 0.513. The first-order valence-corrected chi connectivity index (χ1v) is 5.71. The predicted octanol–water partition coefficient (Wildman–Crippen LogP) is 1.66. The lowest BCUT2D eigenvalue weighted by atomic mass is 10.0. The van der Waals surface area contributed by atoms with E-state index in [4.69, 9.17) is 4.74 Å². The van der Waals surface area contributed by atoms with Crippen molar-refractivity contribution in [3.63, 3.8) is 0 Å². The van der Waals surface area contributed by atoms with Crippen molar-refractivity contribution in [2.24, 2.45) is 0 Å². The Morgan fingerprint density at radius 3 is 2.82 bits per heavy atom. The Labute approximate surface area is 101 Å². The van der Waals surface area contributed by atoms with E-state index in [1.165, 1.54) is 6.92 Å². The fourth-order valence-corrected chi connectivity index (χ4v) is 1.86. The molecule has 3 heteroatoms. The first-order valence-electron chi connectivity index (χ1n) is 5.71. The monoisotopic (exact) mass is 229 g/mol. The van der Waals surface area contributed by atoms with Crippen LogP contribution in [0.2, 0.25) is 0 Å². The molecule has 2 atom stereocenters. The third kappa shape index (κ3) is 3.08. The van der Waals surface area contributed by atoms with Gasteiger partial charge >= 0.3 is 5.97 Å². The molecule has 0 spiro atoms. The topological polar surface area (TPSA) is 38.3 Å². The molecule has 0 bridgehead atoms. The largest absolute Gasteiger partial charge is 0.455 e. The lowest BCUT2D eigenvalue weighted by Gasteiger charge is -2.25. The minimum Gasteiger partial charge on any atom is -0.455 e. The van der Waals surface area contributed by atoms with Crippen LogP contribution >= 0.6 is 0 Å². The molecule has 1 aromatic rings. The van der Waals surface area contributed by atoms with Gasteiger partial charge in [0.05, 0.1) is 0 Å². The minimum absolute atomic E-state index is 0.116. The first-order chi connectivity index (χ1) is 8.27. The fraction of sp³-hybridized carbons (Fsp3) is 0.357. The first kappa shape index (κ1) is 11.7. The lowest BCUT2D eigenvalue weighted by molar-refractivity contribution is -0.147. The van der Waals surface area contributed by atoms with Crippen molar-refractivity contribution >= 4 is 5.97 Å². The van der Waals surface area contributed by atoms with Gasteiger partial charge in [0.1, 0.15) is 6.04 Å². The van der Waals surface area contributed by atoms with Gasteiger partial charge in [-0.05, 0) is 5.56 Å². The van der Waals surface area contributed by atoms with Gasteiger partial charge in [-0.25, -0.2) is 0 Å². The zero-order chi connectivity index (χ0) is 12.1. The number of ether oxygens (including phenoxy) is 1. The predicted molar refractivity (Wildman–Crippen MR) is 65.1 cm³/mol. The van der Waals surface area contributed by atoms with Crippen molar-refractivity contribution in [3.8, 4) is 11.8 Å². The second kappa shape index (κ2) is 5.51. The van der Waals surface area contributed by atoms with Crippen LogP contribution in [0.3, 0.4) is 0 Å². The summed E-state index contributed by atoms with van der Waals surface area (Å²) in [5, 5.41) is 3.27. The van der Waals surface area contributed by atoms with Gasteiger partial charge in [0.15, 0.2) is 6.10 Å². The Kier molecular flexibility index (Phi) is 3.79. The summed E-state index contributed by atoms with van der Waals surface area (Å²) in [7, 11) is 0. The Bertz CT molecular complexity index is 444. The molecular formula is C14H15NO2. The molecule has 1 aromatic carbocycles. The zero-order valence-corrected chi connectivity index (χ0v) is 9.77. The van der Waals surface area contributed by atoms with E-state index >= 15 is 0 Å². The van der Waals surface area contributed by atoms with Gasteiger partial charge in [0.25, 0.3) is 0 Å². The van der Waals surface area contributed by atoms with E-state index in [0.29, 0.717) is 0 Å². The van der Waals surface area contributed by atoms with Gasteiger partial charge in [0.2, 0.25) is 0 Å². The van der Waals surface area contributed by atoms with Crippen LogP contribution in [0.15, 0.2) is 30.3 Å². The Hall–Kier alpha value is -1.79. The van der Waals surface area contributed by atoms with E-state index in [-0.39, 0.29) is 18.1 Å². The highest BCUT2D eigenvalue weighted by molar-refractivity contribution is 5.66. The van der Waals surface area contributed by atoms with Gasteiger partial charge in [-0.1, -0.05) is 36.3 Å². The third-order valence-electron chi connectivity index (χ3n) is 2.60. The molecule has 0 saturated carbocycles. The number of rotatable bonds is 3. The van der Waals surface area contributed by atoms with E-state index in [0.717, 1.165) is 18.5 Å². The summed E-state index contributed by atoms with van der Waals surface area (Å²) < 4.78 is 5.37. The summed E-state index contributed by atoms with van der Waals surface area (Å²) in [5.41, 5.74) is 0.969. The Balaban J connectivity index is 2.23. The number of hydrogen-bond donors (Lipinski definition) is 1. The molecule has 1 heterocycles. The quantitative estimate of drug-likeness (QED) is 0.632. The molecule has 0 aliphatic carbocycles. The second-order valence-electron chi connectivity index (χ2n) is 3.94. The van der Waals surface area contributed by atoms with Crippen molar-refractivity contribution in [1.29, 1.82) is 0 Å². The van der Waals surface area contributed by atoms with Crippen LogP contribution in [0.1, 0.15) is 25.0 Å². The molecular weight excluding hydrogens is 214 g/mol. The highest BCUT2D eigenvalue weighted by atomic mass is 16.5. The molecule has 0 fully saturated rings. The molecule has 0 radical (unpaired) electrons. The van der Waals surface area contributed by atoms with Crippen molar-refractivity contribution in [2.45, 2.75) is 25.5 Å². The van der Waals surface area contributed by atoms with Crippen molar-refractivity contribution in [1.82, 2.24) is 5.32 Å². The Morgan fingerprint density at radius 1 is 1.47 bits per heavy atom. The van der Waals surface area contributed by atoms with E-state index in [1.807, 2.05) is 30.3 Å². The third-order valence-corrected chi connectivity index (χ3v) is 2.60. The van der Waals surface area contributed by atoms with Crippen molar-refractivity contribution in [3.05, 3.63) is 35.9 Å². The van der Waals surface area contributed by atoms with E-state index < -0.39 is 0 Å². The molecule has 0 amide bonds. The average molecular weight is 229 g/mol. The van der Waals surface area contributed by atoms with Gasteiger partial charge in [0, 0.05) is 19.9 Å². The molecule has 1 aliphatic rings. The molecule has 2 unspecified atom stereocenters. The number of esters is 1. The van der Waals surface area contributed by atoms with E-state index in [1.54, 1.807) is 0 Å². The number of benzene rings is 1. The number of hydrogen-bond acceptors (Lipinski definition) is 3. The SMILES string of the molecule is CC(=O)OC(c1ccccc1)C1C#CCCN1. The van der Waals surface area contributed by atoms with Gasteiger partial charge < -0.3 is 4.74 Å². The van der Waals surface area contributed by atoms with Crippen molar-refractivity contribution in [2.75, 3.05) is 6.54 Å². The maximum atomic E-state index is 11.2. The molecule has 2 rings (SSSR count). The molecule has 0 aromatic heterocycles. The van der Waals surface area contributed by atoms with Crippen molar-refractivity contribution < 1.29 is 9.53 Å². The van der Waals surface area contributed by atoms with Crippen LogP contribution in [0.5, 0.6) is 0 Å². The van der Waals surface area contributed by atoms with Gasteiger partial charge in [-0.2, -0.15) is 0 Å². The normalized spacial score (nSPS) is 19.9. The maximum absolute atomic E-state index is 11.2. The second-order valence-corrected chi connectivity index (χ2v) is 3.94. The maximum Gasteiger partial charge on any atom is 0.303 e. The van der Waals surface area contributed by atoms with Gasteiger partial charge in [-0.15, -0.1) is 5.92 Å². The van der Waals surface area contributed by atoms with Crippen LogP contribution in [-0.2, 0) is 9.53 Å². The number of carbonyl (C=O) groups is 1. The number of nitrogens with one attached hydrogen (secondary N) is 1. The summed E-state index contributed by atoms with van der Waals surface area (Å²) in [5.74, 6) is 5.85. The zero-order valence-electron chi connectivity index (χ0n) is 9.77. The van der Waals surface area contributed by atoms with E-state index in [9.17, 15) is 4.79 Å². The Morgan fingerprint density at radius 2 is 2.24 bits per heavy atom. The van der Waals surface area contributed by atoms with Crippen LogP contribution in [0, 0.1) is 11.8 Å². The smallest absolute Gasteiger partial charge is 0.303 e. The minimum atomic E-state index is -0.332. The summed E-state index contributed by atoms with van der Waals surface area (Å²) in [6, 6.07) is 9.59. The summed E-state index contributed by atoms with van der Waals surface area (Å²) >= 11 is 0. The summed E-state index contributed by atoms with van der Waals surface area (Å²) in [4.78, 5) is 11.2. The molecule has 0 saturated heterocycles. The average Bonchev–Trinajstić information content (AvgIpc) is 2.38. The van der Waals surface area contributed by atoms with E-state index in [2.05, 4.69) is 17.2 Å². The van der Waals surface area contributed by atoms with Crippen LogP contribution in [0.4, 0.5) is 0 Å². The lowest BCUT2D eigenvalue weighted by Crippen LogP contribution is -2.38. The van der Waals surface area contributed by atoms with Crippen LogP contribution in [0.25, 0.3) is 0 Å². The molecule has 17 heavy (non-hydrogen) atoms. The number of carbonyl (C=O) groups excluding carboxylic acids is 1. The standard InChI is InChI=1S/C14H15NO2/c1-11(16)17-14(12-7-3-2-4-8-12)13-9-5-6-10-15-13/h2-4,7-8,13-15H,6,10H2,1H3. The van der Waals surface area contributed by atoms with Crippen LogP contribution in [-0.4, -0.2) is 18.6 Å². The molecule has 3 nitrogen and oxygen atoms in total. The highest BCUT2D eigenvalue weighted by Gasteiger charge is 2.24. The highest BCUT2D eigenvalue weighted by Crippen LogP contribution is 2.22. The molecule has 88 valence electrons. The molecule has 1 aliphatic heterocycles.